The van der Waals surface area contributed by atoms with Gasteiger partial charge in [0.05, 0.1) is 27.4 Å². The van der Waals surface area contributed by atoms with E-state index in [0.717, 1.165) is 5.69 Å². The number of rotatable bonds is 7. The molecule has 2 N–H and O–H groups in total. The summed E-state index contributed by atoms with van der Waals surface area (Å²) in [4.78, 5) is 0. The minimum Gasteiger partial charge on any atom is -0.493 e. The molecular weight excluding hydrogens is 406 g/mol. The molecule has 6 nitrogen and oxygen atoms in total. The molecule has 1 aliphatic rings. The van der Waals surface area contributed by atoms with Crippen LogP contribution < -0.4 is 14.8 Å². The van der Waals surface area contributed by atoms with Gasteiger partial charge in [0.1, 0.15) is 6.10 Å². The van der Waals surface area contributed by atoms with Crippen molar-refractivity contribution in [2.75, 3.05) is 39.3 Å². The number of hydrogen-bond donors (Lipinski definition) is 2. The van der Waals surface area contributed by atoms with E-state index < -0.39 is 11.9 Å². The van der Waals surface area contributed by atoms with E-state index in [9.17, 15) is 5.11 Å². The number of benzene rings is 2. The van der Waals surface area contributed by atoms with Crippen LogP contribution in [0.25, 0.3) is 0 Å². The molecule has 1 heterocycles. The maximum Gasteiger partial charge on any atom is 0.166 e. The molecular formula is C23H30ClNO5. The highest BCUT2D eigenvalue weighted by Gasteiger charge is 2.36. The van der Waals surface area contributed by atoms with Crippen LogP contribution in [0.1, 0.15) is 38.0 Å². The lowest BCUT2D eigenvalue weighted by Gasteiger charge is -2.41. The van der Waals surface area contributed by atoms with Gasteiger partial charge in [-0.05, 0) is 38.1 Å². The van der Waals surface area contributed by atoms with Crippen LogP contribution in [0.2, 0.25) is 5.02 Å². The quantitative estimate of drug-likeness (QED) is 0.660. The molecule has 2 aromatic rings. The summed E-state index contributed by atoms with van der Waals surface area (Å²) in [5.74, 6) is 0.475. The average molecular weight is 436 g/mol. The predicted molar refractivity (Wildman–Crippen MR) is 118 cm³/mol. The van der Waals surface area contributed by atoms with Crippen LogP contribution in [-0.4, -0.2) is 44.9 Å². The smallest absolute Gasteiger partial charge is 0.166 e. The van der Waals surface area contributed by atoms with Gasteiger partial charge in [0.2, 0.25) is 0 Å². The summed E-state index contributed by atoms with van der Waals surface area (Å²) in [7, 11) is 3.12. The zero-order valence-electron chi connectivity index (χ0n) is 18.1. The normalized spacial score (nSPS) is 18.5. The fourth-order valence-corrected chi connectivity index (χ4v) is 3.59. The Balaban J connectivity index is 1.86. The molecule has 1 aliphatic heterocycles. The zero-order chi connectivity index (χ0) is 21.9. The van der Waals surface area contributed by atoms with Gasteiger partial charge in [0.15, 0.2) is 17.3 Å². The van der Waals surface area contributed by atoms with Gasteiger partial charge in [0.25, 0.3) is 0 Å². The monoisotopic (exact) mass is 435 g/mol. The summed E-state index contributed by atoms with van der Waals surface area (Å²) >= 11 is 6.25. The molecule has 1 fully saturated rings. The maximum atomic E-state index is 11.2. The second-order valence-corrected chi connectivity index (χ2v) is 8.79. The highest BCUT2D eigenvalue weighted by molar-refractivity contribution is 6.30. The maximum absolute atomic E-state index is 11.2. The van der Waals surface area contributed by atoms with E-state index in [0.29, 0.717) is 47.4 Å². The van der Waals surface area contributed by atoms with Crippen LogP contribution in [0.5, 0.6) is 11.5 Å². The van der Waals surface area contributed by atoms with Gasteiger partial charge in [-0.3, -0.25) is 0 Å². The molecule has 0 aromatic heterocycles. The lowest BCUT2D eigenvalue weighted by Crippen LogP contribution is -2.48. The highest BCUT2D eigenvalue weighted by atomic mass is 35.5. The van der Waals surface area contributed by atoms with Gasteiger partial charge in [-0.1, -0.05) is 30.7 Å². The van der Waals surface area contributed by atoms with Crippen molar-refractivity contribution >= 4 is 17.3 Å². The molecule has 0 saturated carbocycles. The highest BCUT2D eigenvalue weighted by Crippen LogP contribution is 2.40. The van der Waals surface area contributed by atoms with Crippen LogP contribution in [0, 0.1) is 5.41 Å². The lowest BCUT2D eigenvalue weighted by atomic mass is 9.91. The summed E-state index contributed by atoms with van der Waals surface area (Å²) in [6.45, 7) is 7.68. The van der Waals surface area contributed by atoms with E-state index in [1.807, 2.05) is 32.0 Å². The Hall–Kier alpha value is -1.99. The van der Waals surface area contributed by atoms with Crippen LogP contribution in [0.15, 0.2) is 36.4 Å². The summed E-state index contributed by atoms with van der Waals surface area (Å²) in [5.41, 5.74) is 1.82. The van der Waals surface area contributed by atoms with Crippen LogP contribution >= 0.6 is 11.6 Å². The van der Waals surface area contributed by atoms with Gasteiger partial charge >= 0.3 is 0 Å². The van der Waals surface area contributed by atoms with Crippen molar-refractivity contribution < 1.29 is 24.1 Å². The number of aliphatic hydroxyl groups is 1. The van der Waals surface area contributed by atoms with Gasteiger partial charge in [-0.25, -0.2) is 0 Å². The third-order valence-electron chi connectivity index (χ3n) is 5.28. The van der Waals surface area contributed by atoms with Crippen LogP contribution in [0.3, 0.4) is 0 Å². The predicted octanol–water partition coefficient (Wildman–Crippen LogP) is 4.64. The van der Waals surface area contributed by atoms with E-state index in [1.165, 1.54) is 0 Å². The van der Waals surface area contributed by atoms with E-state index >= 15 is 0 Å². The molecule has 30 heavy (non-hydrogen) atoms. The number of hydrogen-bond acceptors (Lipinski definition) is 6. The fraction of sp³-hybridized carbons (Fsp3) is 0.478. The third kappa shape index (κ3) is 5.01. The first-order valence-electron chi connectivity index (χ1n) is 9.88. The number of nitrogens with one attached hydrogen (secondary N) is 1. The first-order valence-corrected chi connectivity index (χ1v) is 10.3. The number of anilines is 1. The summed E-state index contributed by atoms with van der Waals surface area (Å²) in [5, 5.41) is 15.2. The Morgan fingerprint density at radius 3 is 2.40 bits per heavy atom. The molecule has 1 unspecified atom stereocenters. The number of halogens is 1. The van der Waals surface area contributed by atoms with E-state index in [-0.39, 0.29) is 5.41 Å². The van der Waals surface area contributed by atoms with E-state index in [1.54, 1.807) is 32.4 Å². The standard InChI is InChI=1S/C23H30ClNO5/c1-22(2)29-13-23(3,14-30-22)12-25-18-10-9-15(24)11-17(18)20(26)16-7-6-8-19(27-4)21(16)28-5/h6-11,20,25-26H,12-14H2,1-5H3. The van der Waals surface area contributed by atoms with Crippen molar-refractivity contribution in [2.24, 2.45) is 5.41 Å². The number of methoxy groups -OCH3 is 2. The molecule has 0 radical (unpaired) electrons. The molecule has 0 aliphatic carbocycles. The summed E-state index contributed by atoms with van der Waals surface area (Å²) < 4.78 is 22.5. The second-order valence-electron chi connectivity index (χ2n) is 8.36. The third-order valence-corrected chi connectivity index (χ3v) is 5.51. The summed E-state index contributed by atoms with van der Waals surface area (Å²) in [6, 6.07) is 10.8. The molecule has 1 atom stereocenters. The molecule has 0 spiro atoms. The SMILES string of the molecule is COc1cccc(C(O)c2cc(Cl)ccc2NCC2(C)COC(C)(C)OC2)c1OC. The molecule has 164 valence electrons. The summed E-state index contributed by atoms with van der Waals surface area (Å²) in [6.07, 6.45) is -0.957. The molecule has 2 aromatic carbocycles. The van der Waals surface area contributed by atoms with Crippen molar-refractivity contribution in [1.82, 2.24) is 0 Å². The fourth-order valence-electron chi connectivity index (χ4n) is 3.41. The van der Waals surface area contributed by atoms with Gasteiger partial charge in [-0.15, -0.1) is 0 Å². The van der Waals surface area contributed by atoms with Gasteiger partial charge in [-0.2, -0.15) is 0 Å². The lowest BCUT2D eigenvalue weighted by molar-refractivity contribution is -0.279. The molecule has 7 heteroatoms. The number of ether oxygens (including phenoxy) is 4. The van der Waals surface area contributed by atoms with Crippen molar-refractivity contribution in [3.63, 3.8) is 0 Å². The second kappa shape index (κ2) is 9.02. The first-order chi connectivity index (χ1) is 14.2. The Labute approximate surface area is 183 Å². The van der Waals surface area contributed by atoms with Crippen molar-refractivity contribution in [2.45, 2.75) is 32.7 Å². The molecule has 3 rings (SSSR count). The Morgan fingerprint density at radius 2 is 1.77 bits per heavy atom. The van der Waals surface area contributed by atoms with Gasteiger partial charge in [0, 0.05) is 33.8 Å². The van der Waals surface area contributed by atoms with Crippen molar-refractivity contribution in [3.8, 4) is 11.5 Å². The van der Waals surface area contributed by atoms with Crippen molar-refractivity contribution in [3.05, 3.63) is 52.5 Å². The average Bonchev–Trinajstić information content (AvgIpc) is 2.74. The largest absolute Gasteiger partial charge is 0.493 e. The Morgan fingerprint density at radius 1 is 1.07 bits per heavy atom. The Kier molecular flexibility index (Phi) is 6.82. The molecule has 0 bridgehead atoms. The number of aliphatic hydroxyl groups excluding tert-OH is 1. The Bertz CT molecular complexity index is 876. The van der Waals surface area contributed by atoms with E-state index in [2.05, 4.69) is 12.2 Å². The zero-order valence-corrected chi connectivity index (χ0v) is 18.9. The van der Waals surface area contributed by atoms with Crippen LogP contribution in [0.4, 0.5) is 5.69 Å². The molecule has 0 amide bonds. The first kappa shape index (κ1) is 22.7. The van der Waals surface area contributed by atoms with E-state index in [4.69, 9.17) is 30.5 Å². The topological polar surface area (TPSA) is 69.2 Å². The molecule has 1 saturated heterocycles. The minimum atomic E-state index is -0.957. The van der Waals surface area contributed by atoms with Crippen LogP contribution in [-0.2, 0) is 9.47 Å². The minimum absolute atomic E-state index is 0.203. The van der Waals surface area contributed by atoms with Gasteiger partial charge < -0.3 is 29.4 Å². The van der Waals surface area contributed by atoms with Crippen molar-refractivity contribution in [1.29, 1.82) is 0 Å². The number of para-hydroxylation sites is 1.